The van der Waals surface area contributed by atoms with E-state index in [9.17, 15) is 0 Å². The fraction of sp³-hybridized carbons (Fsp3) is 0.154. The van der Waals surface area contributed by atoms with Crippen LogP contribution in [0.4, 0.5) is 0 Å². The van der Waals surface area contributed by atoms with E-state index in [0.29, 0.717) is 0 Å². The van der Waals surface area contributed by atoms with Crippen LogP contribution in [0.1, 0.15) is 11.9 Å². The third-order valence-corrected chi connectivity index (χ3v) is 3.70. The van der Waals surface area contributed by atoms with E-state index in [2.05, 4.69) is 30.1 Å². The maximum atomic E-state index is 5.39. The average Bonchev–Trinajstić information content (AvgIpc) is 2.96. The van der Waals surface area contributed by atoms with Crippen molar-refractivity contribution in [3.05, 3.63) is 41.6 Å². The van der Waals surface area contributed by atoms with Gasteiger partial charge in [0.2, 0.25) is 0 Å². The number of hydrogen-bond acceptors (Lipinski definition) is 3. The first-order valence-corrected chi connectivity index (χ1v) is 6.12. The lowest BCUT2D eigenvalue weighted by Gasteiger charge is -1.95. The first-order chi connectivity index (χ1) is 7.86. The van der Waals surface area contributed by atoms with E-state index in [1.807, 2.05) is 12.1 Å². The molecular weight excluding hydrogens is 218 g/mol. The molecule has 16 heavy (non-hydrogen) atoms. The number of thiazole rings is 1. The van der Waals surface area contributed by atoms with Crippen LogP contribution in [0.15, 0.2) is 41.0 Å². The molecule has 0 aliphatic carbocycles. The van der Waals surface area contributed by atoms with Gasteiger partial charge < -0.3 is 4.42 Å². The van der Waals surface area contributed by atoms with Crippen molar-refractivity contribution in [2.45, 2.75) is 13.3 Å². The lowest BCUT2D eigenvalue weighted by Crippen LogP contribution is -1.75. The summed E-state index contributed by atoms with van der Waals surface area (Å²) in [6.07, 6.45) is 2.69. The number of rotatable bonds is 2. The highest BCUT2D eigenvalue weighted by molar-refractivity contribution is 7.18. The molecule has 0 spiro atoms. The van der Waals surface area contributed by atoms with Crippen molar-refractivity contribution in [1.82, 2.24) is 4.98 Å². The van der Waals surface area contributed by atoms with Crippen molar-refractivity contribution < 1.29 is 4.42 Å². The van der Waals surface area contributed by atoms with Gasteiger partial charge in [-0.3, -0.25) is 0 Å². The molecule has 3 rings (SSSR count). The van der Waals surface area contributed by atoms with Crippen molar-refractivity contribution in [3.63, 3.8) is 0 Å². The van der Waals surface area contributed by atoms with Crippen LogP contribution >= 0.6 is 11.3 Å². The van der Waals surface area contributed by atoms with E-state index in [0.717, 1.165) is 23.3 Å². The quantitative estimate of drug-likeness (QED) is 0.660. The zero-order valence-electron chi connectivity index (χ0n) is 8.93. The number of aryl methyl sites for hydroxylation is 1. The van der Waals surface area contributed by atoms with Crippen LogP contribution in [-0.4, -0.2) is 4.98 Å². The fourth-order valence-electron chi connectivity index (χ4n) is 1.72. The highest BCUT2D eigenvalue weighted by Gasteiger charge is 2.05. The molecule has 0 N–H and O–H groups in total. The molecule has 1 aromatic carbocycles. The number of nitrogens with zero attached hydrogens (tertiary/aromatic N) is 1. The van der Waals surface area contributed by atoms with Gasteiger partial charge in [0.25, 0.3) is 0 Å². The summed E-state index contributed by atoms with van der Waals surface area (Å²) in [7, 11) is 0. The SMILES string of the molecule is CCc1nc2ccc(-c3ccco3)cc2s1. The zero-order valence-corrected chi connectivity index (χ0v) is 9.75. The molecule has 0 saturated heterocycles. The number of benzene rings is 1. The molecule has 0 unspecified atom stereocenters. The minimum absolute atomic E-state index is 0.911. The lowest BCUT2D eigenvalue weighted by atomic mass is 10.2. The molecule has 0 fully saturated rings. The van der Waals surface area contributed by atoms with E-state index >= 15 is 0 Å². The molecule has 0 aliphatic heterocycles. The highest BCUT2D eigenvalue weighted by Crippen LogP contribution is 2.28. The van der Waals surface area contributed by atoms with E-state index in [-0.39, 0.29) is 0 Å². The molecule has 0 saturated carbocycles. The van der Waals surface area contributed by atoms with Crippen LogP contribution in [-0.2, 0) is 6.42 Å². The first-order valence-electron chi connectivity index (χ1n) is 5.30. The fourth-order valence-corrected chi connectivity index (χ4v) is 2.67. The minimum atomic E-state index is 0.911. The predicted octanol–water partition coefficient (Wildman–Crippen LogP) is 4.12. The van der Waals surface area contributed by atoms with Crippen LogP contribution in [0.2, 0.25) is 0 Å². The number of hydrogen-bond donors (Lipinski definition) is 0. The van der Waals surface area contributed by atoms with Gasteiger partial charge in [0.05, 0.1) is 21.5 Å². The molecule has 0 amide bonds. The van der Waals surface area contributed by atoms with E-state index in [1.54, 1.807) is 17.6 Å². The molecule has 3 aromatic rings. The lowest BCUT2D eigenvalue weighted by molar-refractivity contribution is 0.582. The monoisotopic (exact) mass is 229 g/mol. The second-order valence-corrected chi connectivity index (χ2v) is 4.74. The van der Waals surface area contributed by atoms with E-state index in [4.69, 9.17) is 4.42 Å². The molecule has 2 aromatic heterocycles. The van der Waals surface area contributed by atoms with Crippen molar-refractivity contribution in [3.8, 4) is 11.3 Å². The Kier molecular flexibility index (Phi) is 2.26. The maximum absolute atomic E-state index is 5.39. The van der Waals surface area contributed by atoms with Crippen LogP contribution in [0, 0.1) is 0 Å². The van der Waals surface area contributed by atoms with Crippen molar-refractivity contribution >= 4 is 21.6 Å². The summed E-state index contributed by atoms with van der Waals surface area (Å²) in [6, 6.07) is 10.1. The Hall–Kier alpha value is -1.61. The number of aromatic nitrogens is 1. The predicted molar refractivity (Wildman–Crippen MR) is 66.7 cm³/mol. The molecular formula is C13H11NOS. The third kappa shape index (κ3) is 1.53. The molecule has 0 aliphatic rings. The van der Waals surface area contributed by atoms with Crippen LogP contribution in [0.25, 0.3) is 21.5 Å². The summed E-state index contributed by atoms with van der Waals surface area (Å²) in [5, 5.41) is 1.19. The Labute approximate surface area is 97.6 Å². The summed E-state index contributed by atoms with van der Waals surface area (Å²) in [5.74, 6) is 0.911. The largest absolute Gasteiger partial charge is 0.464 e. The van der Waals surface area contributed by atoms with Crippen molar-refractivity contribution in [2.75, 3.05) is 0 Å². The Bertz CT molecular complexity index is 610. The molecule has 0 radical (unpaired) electrons. The van der Waals surface area contributed by atoms with Crippen LogP contribution < -0.4 is 0 Å². The summed E-state index contributed by atoms with van der Waals surface area (Å²) >= 11 is 1.76. The Morgan fingerprint density at radius 2 is 2.25 bits per heavy atom. The zero-order chi connectivity index (χ0) is 11.0. The van der Waals surface area contributed by atoms with Gasteiger partial charge in [0.15, 0.2) is 0 Å². The highest BCUT2D eigenvalue weighted by atomic mass is 32.1. The second-order valence-electron chi connectivity index (χ2n) is 3.62. The van der Waals surface area contributed by atoms with Gasteiger partial charge in [0.1, 0.15) is 5.76 Å². The molecule has 0 bridgehead atoms. The van der Waals surface area contributed by atoms with Gasteiger partial charge in [-0.2, -0.15) is 0 Å². The third-order valence-electron chi connectivity index (χ3n) is 2.54. The van der Waals surface area contributed by atoms with Gasteiger partial charge in [0, 0.05) is 5.56 Å². The maximum Gasteiger partial charge on any atom is 0.133 e. The Balaban J connectivity index is 2.15. The summed E-state index contributed by atoms with van der Waals surface area (Å²) < 4.78 is 6.61. The molecule has 0 atom stereocenters. The van der Waals surface area contributed by atoms with E-state index in [1.165, 1.54) is 9.71 Å². The molecule has 80 valence electrons. The van der Waals surface area contributed by atoms with Crippen molar-refractivity contribution in [1.29, 1.82) is 0 Å². The Morgan fingerprint density at radius 3 is 3.00 bits per heavy atom. The topological polar surface area (TPSA) is 26.0 Å². The molecule has 2 nitrogen and oxygen atoms in total. The Morgan fingerprint density at radius 1 is 1.31 bits per heavy atom. The van der Waals surface area contributed by atoms with Gasteiger partial charge in [-0.15, -0.1) is 11.3 Å². The van der Waals surface area contributed by atoms with Crippen LogP contribution in [0.5, 0.6) is 0 Å². The summed E-state index contributed by atoms with van der Waals surface area (Å²) in [6.45, 7) is 2.13. The van der Waals surface area contributed by atoms with Gasteiger partial charge >= 0.3 is 0 Å². The standard InChI is InChI=1S/C13H11NOS/c1-2-13-14-10-6-5-9(8-12(10)16-13)11-4-3-7-15-11/h3-8H,2H2,1H3. The van der Waals surface area contributed by atoms with Gasteiger partial charge in [-0.1, -0.05) is 6.92 Å². The van der Waals surface area contributed by atoms with E-state index < -0.39 is 0 Å². The minimum Gasteiger partial charge on any atom is -0.464 e. The number of furan rings is 1. The molecule has 3 heteroatoms. The normalized spacial score (nSPS) is 11.1. The second kappa shape index (κ2) is 3.76. The van der Waals surface area contributed by atoms with Crippen molar-refractivity contribution in [2.24, 2.45) is 0 Å². The summed E-state index contributed by atoms with van der Waals surface area (Å²) in [4.78, 5) is 4.54. The van der Waals surface area contributed by atoms with Gasteiger partial charge in [-0.05, 0) is 36.8 Å². The van der Waals surface area contributed by atoms with Gasteiger partial charge in [-0.25, -0.2) is 4.98 Å². The summed E-state index contributed by atoms with van der Waals surface area (Å²) in [5.41, 5.74) is 2.20. The average molecular weight is 229 g/mol. The first kappa shape index (κ1) is 9.60. The smallest absolute Gasteiger partial charge is 0.133 e. The molecule has 2 heterocycles. The van der Waals surface area contributed by atoms with Crippen LogP contribution in [0.3, 0.4) is 0 Å². The number of fused-ring (bicyclic) bond motifs is 1.